The predicted molar refractivity (Wildman–Crippen MR) is 112 cm³/mol. The van der Waals surface area contributed by atoms with Gasteiger partial charge in [0.15, 0.2) is 0 Å². The molecular formula is C23H46O3. The zero-order chi connectivity index (χ0) is 19.5. The van der Waals surface area contributed by atoms with Gasteiger partial charge in [0.05, 0.1) is 0 Å². The van der Waals surface area contributed by atoms with Crippen LogP contribution in [0.3, 0.4) is 0 Å². The van der Waals surface area contributed by atoms with Crippen molar-refractivity contribution >= 4 is 6.16 Å². The number of rotatable bonds is 18. The van der Waals surface area contributed by atoms with Crippen LogP contribution in [0.4, 0.5) is 4.79 Å². The first-order valence-electron chi connectivity index (χ1n) is 11.5. The van der Waals surface area contributed by atoms with Crippen LogP contribution in [0.1, 0.15) is 130 Å². The molecule has 0 aromatic rings. The average Bonchev–Trinajstić information content (AvgIpc) is 2.65. The second-order valence-electron chi connectivity index (χ2n) is 7.66. The molecular weight excluding hydrogens is 324 g/mol. The number of unbranched alkanes of at least 4 members (excludes halogenated alkanes) is 10. The van der Waals surface area contributed by atoms with Crippen molar-refractivity contribution in [3.05, 3.63) is 0 Å². The van der Waals surface area contributed by atoms with Gasteiger partial charge in [0, 0.05) is 0 Å². The summed E-state index contributed by atoms with van der Waals surface area (Å²) in [5.41, 5.74) is 0. The van der Waals surface area contributed by atoms with E-state index in [1.807, 2.05) is 0 Å². The number of ether oxygens (including phenoxy) is 2. The molecule has 0 fully saturated rings. The Kier molecular flexibility index (Phi) is 18.5. The van der Waals surface area contributed by atoms with Crippen molar-refractivity contribution in [3.8, 4) is 0 Å². The SMILES string of the molecule is CCCCCCCCC(CC)OC(=O)OC(CC)CCCCCCCC. The minimum atomic E-state index is -0.458. The summed E-state index contributed by atoms with van der Waals surface area (Å²) in [5, 5.41) is 0. The Labute approximate surface area is 163 Å². The number of hydrogen-bond acceptors (Lipinski definition) is 3. The molecule has 0 N–H and O–H groups in total. The molecule has 0 aromatic carbocycles. The van der Waals surface area contributed by atoms with E-state index in [-0.39, 0.29) is 12.2 Å². The van der Waals surface area contributed by atoms with E-state index in [0.717, 1.165) is 38.5 Å². The molecule has 156 valence electrons. The lowest BCUT2D eigenvalue weighted by Crippen LogP contribution is -2.23. The number of carbonyl (C=O) groups excluding carboxylic acids is 1. The zero-order valence-electron chi connectivity index (χ0n) is 18.2. The molecule has 26 heavy (non-hydrogen) atoms. The maximum absolute atomic E-state index is 12.1. The molecule has 0 heterocycles. The van der Waals surface area contributed by atoms with Crippen LogP contribution >= 0.6 is 0 Å². The third-order valence-electron chi connectivity index (χ3n) is 5.20. The predicted octanol–water partition coefficient (Wildman–Crippen LogP) is 8.20. The number of hydrogen-bond donors (Lipinski definition) is 0. The normalized spacial score (nSPS) is 13.4. The van der Waals surface area contributed by atoms with Crippen molar-refractivity contribution in [2.45, 2.75) is 143 Å². The van der Waals surface area contributed by atoms with Gasteiger partial charge in [0.25, 0.3) is 0 Å². The van der Waals surface area contributed by atoms with Crippen molar-refractivity contribution in [3.63, 3.8) is 0 Å². The maximum atomic E-state index is 12.1. The van der Waals surface area contributed by atoms with Gasteiger partial charge in [-0.1, -0.05) is 91.9 Å². The summed E-state index contributed by atoms with van der Waals surface area (Å²) in [6.45, 7) is 8.65. The van der Waals surface area contributed by atoms with E-state index in [1.54, 1.807) is 0 Å². The highest BCUT2D eigenvalue weighted by Crippen LogP contribution is 2.16. The van der Waals surface area contributed by atoms with Crippen LogP contribution < -0.4 is 0 Å². The fourth-order valence-electron chi connectivity index (χ4n) is 3.30. The van der Waals surface area contributed by atoms with Crippen molar-refractivity contribution in [1.82, 2.24) is 0 Å². The van der Waals surface area contributed by atoms with E-state index >= 15 is 0 Å². The van der Waals surface area contributed by atoms with Crippen LogP contribution in [0.5, 0.6) is 0 Å². The Hall–Kier alpha value is -0.730. The minimum Gasteiger partial charge on any atom is -0.431 e. The van der Waals surface area contributed by atoms with Crippen molar-refractivity contribution in [1.29, 1.82) is 0 Å². The summed E-state index contributed by atoms with van der Waals surface area (Å²) >= 11 is 0. The van der Waals surface area contributed by atoms with Gasteiger partial charge in [0.1, 0.15) is 12.2 Å². The average molecular weight is 371 g/mol. The molecule has 0 spiro atoms. The van der Waals surface area contributed by atoms with Gasteiger partial charge in [-0.2, -0.15) is 0 Å². The molecule has 0 bridgehead atoms. The second-order valence-corrected chi connectivity index (χ2v) is 7.66. The molecule has 0 aliphatic carbocycles. The van der Waals surface area contributed by atoms with E-state index in [2.05, 4.69) is 27.7 Å². The Balaban J connectivity index is 3.86. The molecule has 0 amide bonds. The molecule has 3 nitrogen and oxygen atoms in total. The Bertz CT molecular complexity index is 276. The van der Waals surface area contributed by atoms with Gasteiger partial charge in [0.2, 0.25) is 0 Å². The fraction of sp³-hybridized carbons (Fsp3) is 0.957. The van der Waals surface area contributed by atoms with Crippen LogP contribution in [-0.2, 0) is 9.47 Å². The molecule has 2 atom stereocenters. The molecule has 2 unspecified atom stereocenters. The van der Waals surface area contributed by atoms with E-state index in [4.69, 9.17) is 9.47 Å². The summed E-state index contributed by atoms with van der Waals surface area (Å²) in [7, 11) is 0. The summed E-state index contributed by atoms with van der Waals surface area (Å²) in [4.78, 5) is 12.1. The molecule has 0 aliphatic heterocycles. The van der Waals surface area contributed by atoms with Crippen molar-refractivity contribution in [2.24, 2.45) is 0 Å². The van der Waals surface area contributed by atoms with Crippen LogP contribution in [0.25, 0.3) is 0 Å². The van der Waals surface area contributed by atoms with Crippen molar-refractivity contribution in [2.75, 3.05) is 0 Å². The van der Waals surface area contributed by atoms with Crippen LogP contribution in [0.15, 0.2) is 0 Å². The highest BCUT2D eigenvalue weighted by Gasteiger charge is 2.17. The monoisotopic (exact) mass is 370 g/mol. The fourth-order valence-corrected chi connectivity index (χ4v) is 3.30. The first-order valence-corrected chi connectivity index (χ1v) is 11.5. The molecule has 0 saturated carbocycles. The van der Waals surface area contributed by atoms with E-state index in [9.17, 15) is 4.79 Å². The maximum Gasteiger partial charge on any atom is 0.508 e. The highest BCUT2D eigenvalue weighted by molar-refractivity contribution is 5.60. The van der Waals surface area contributed by atoms with Gasteiger partial charge in [-0.05, 0) is 38.5 Å². The van der Waals surface area contributed by atoms with Gasteiger partial charge in [-0.25, -0.2) is 4.79 Å². The third kappa shape index (κ3) is 15.5. The topological polar surface area (TPSA) is 35.5 Å². The summed E-state index contributed by atoms with van der Waals surface area (Å²) in [5.74, 6) is 0. The summed E-state index contributed by atoms with van der Waals surface area (Å²) < 4.78 is 11.1. The Morgan fingerprint density at radius 2 is 0.923 bits per heavy atom. The third-order valence-corrected chi connectivity index (χ3v) is 5.20. The van der Waals surface area contributed by atoms with Gasteiger partial charge >= 0.3 is 6.16 Å². The Morgan fingerprint density at radius 3 is 1.27 bits per heavy atom. The highest BCUT2D eigenvalue weighted by atomic mass is 16.7. The molecule has 0 aromatic heterocycles. The van der Waals surface area contributed by atoms with Gasteiger partial charge in [-0.15, -0.1) is 0 Å². The molecule has 0 saturated heterocycles. The van der Waals surface area contributed by atoms with Crippen molar-refractivity contribution < 1.29 is 14.3 Å². The lowest BCUT2D eigenvalue weighted by molar-refractivity contribution is -0.00867. The van der Waals surface area contributed by atoms with Gasteiger partial charge in [-0.3, -0.25) is 0 Å². The minimum absolute atomic E-state index is 0.0141. The van der Waals surface area contributed by atoms with Crippen LogP contribution in [0.2, 0.25) is 0 Å². The lowest BCUT2D eigenvalue weighted by Gasteiger charge is -2.20. The molecule has 0 aliphatic rings. The number of carbonyl (C=O) groups is 1. The zero-order valence-corrected chi connectivity index (χ0v) is 18.2. The molecule has 3 heteroatoms. The molecule has 0 radical (unpaired) electrons. The second kappa shape index (κ2) is 19.0. The summed E-state index contributed by atoms with van der Waals surface area (Å²) in [6.07, 6.45) is 18.5. The standard InChI is InChI=1S/C23H46O3/c1-5-9-11-13-15-17-19-21(7-3)25-23(24)26-22(8-4)20-18-16-14-12-10-6-2/h21-22H,5-20H2,1-4H3. The largest absolute Gasteiger partial charge is 0.508 e. The van der Waals surface area contributed by atoms with Gasteiger partial charge < -0.3 is 9.47 Å². The quantitative estimate of drug-likeness (QED) is 0.180. The lowest BCUT2D eigenvalue weighted by atomic mass is 10.1. The van der Waals surface area contributed by atoms with Crippen LogP contribution in [-0.4, -0.2) is 18.4 Å². The smallest absolute Gasteiger partial charge is 0.431 e. The first kappa shape index (κ1) is 25.3. The molecule has 0 rings (SSSR count). The first-order chi connectivity index (χ1) is 12.7. The summed E-state index contributed by atoms with van der Waals surface area (Å²) in [6, 6.07) is 0. The van der Waals surface area contributed by atoms with Crippen LogP contribution in [0, 0.1) is 0 Å². The van der Waals surface area contributed by atoms with E-state index in [0.29, 0.717) is 0 Å². The van der Waals surface area contributed by atoms with E-state index in [1.165, 1.54) is 64.2 Å². The van der Waals surface area contributed by atoms with E-state index < -0.39 is 6.16 Å². The Morgan fingerprint density at radius 1 is 0.577 bits per heavy atom.